The Balaban J connectivity index is 2.18. The largest absolute Gasteiger partial charge is 0.390 e. The van der Waals surface area contributed by atoms with E-state index in [1.165, 1.54) is 6.07 Å². The summed E-state index contributed by atoms with van der Waals surface area (Å²) in [7, 11) is 0. The SMILES string of the molecule is CCc1cc(CC2(O)CC2)ccc1F. The van der Waals surface area contributed by atoms with Gasteiger partial charge < -0.3 is 5.11 Å². The molecule has 0 heterocycles. The summed E-state index contributed by atoms with van der Waals surface area (Å²) in [5.74, 6) is -0.140. The van der Waals surface area contributed by atoms with Crippen molar-refractivity contribution in [2.24, 2.45) is 0 Å². The lowest BCUT2D eigenvalue weighted by Crippen LogP contribution is -2.11. The molecule has 1 aromatic carbocycles. The minimum absolute atomic E-state index is 0.140. The monoisotopic (exact) mass is 194 g/mol. The molecule has 1 aromatic rings. The molecule has 1 aliphatic carbocycles. The lowest BCUT2D eigenvalue weighted by molar-refractivity contribution is 0.151. The van der Waals surface area contributed by atoms with Crippen LogP contribution in [0.2, 0.25) is 0 Å². The van der Waals surface area contributed by atoms with Crippen molar-refractivity contribution in [3.63, 3.8) is 0 Å². The molecule has 1 aliphatic rings. The summed E-state index contributed by atoms with van der Waals surface area (Å²) in [5, 5.41) is 9.72. The quantitative estimate of drug-likeness (QED) is 0.783. The Morgan fingerprint density at radius 3 is 2.71 bits per heavy atom. The molecule has 2 heteroatoms. The Morgan fingerprint density at radius 1 is 1.43 bits per heavy atom. The van der Waals surface area contributed by atoms with Gasteiger partial charge in [0.15, 0.2) is 0 Å². The summed E-state index contributed by atoms with van der Waals surface area (Å²) < 4.78 is 13.2. The maximum Gasteiger partial charge on any atom is 0.126 e. The lowest BCUT2D eigenvalue weighted by atomic mass is 10.0. The molecule has 0 aliphatic heterocycles. The van der Waals surface area contributed by atoms with Crippen LogP contribution in [-0.4, -0.2) is 10.7 Å². The van der Waals surface area contributed by atoms with E-state index in [4.69, 9.17) is 0 Å². The van der Waals surface area contributed by atoms with Crippen molar-refractivity contribution < 1.29 is 9.50 Å². The van der Waals surface area contributed by atoms with E-state index in [-0.39, 0.29) is 5.82 Å². The van der Waals surface area contributed by atoms with E-state index in [1.807, 2.05) is 13.0 Å². The van der Waals surface area contributed by atoms with Crippen LogP contribution in [0.1, 0.15) is 30.9 Å². The molecule has 76 valence electrons. The molecule has 0 saturated heterocycles. The highest BCUT2D eigenvalue weighted by Gasteiger charge is 2.40. The Labute approximate surface area is 83.6 Å². The Bertz CT molecular complexity index is 342. The van der Waals surface area contributed by atoms with Gasteiger partial charge in [-0.3, -0.25) is 0 Å². The number of aryl methyl sites for hydroxylation is 1. The molecular weight excluding hydrogens is 179 g/mol. The van der Waals surface area contributed by atoms with Gasteiger partial charge in [-0.15, -0.1) is 0 Å². The molecule has 1 fully saturated rings. The molecule has 0 spiro atoms. The van der Waals surface area contributed by atoms with Crippen molar-refractivity contribution in [1.82, 2.24) is 0 Å². The van der Waals surface area contributed by atoms with Crippen LogP contribution >= 0.6 is 0 Å². The zero-order valence-electron chi connectivity index (χ0n) is 8.39. The number of hydrogen-bond acceptors (Lipinski definition) is 1. The summed E-state index contributed by atoms with van der Waals surface area (Å²) in [6.07, 6.45) is 3.13. The highest BCUT2D eigenvalue weighted by molar-refractivity contribution is 5.27. The van der Waals surface area contributed by atoms with Gasteiger partial charge in [0.25, 0.3) is 0 Å². The molecular formula is C12H15FO. The fourth-order valence-electron chi connectivity index (χ4n) is 1.71. The van der Waals surface area contributed by atoms with Gasteiger partial charge in [0.2, 0.25) is 0 Å². The van der Waals surface area contributed by atoms with Crippen molar-refractivity contribution in [2.45, 2.75) is 38.2 Å². The van der Waals surface area contributed by atoms with Crippen molar-refractivity contribution in [2.75, 3.05) is 0 Å². The third-order valence-corrected chi connectivity index (χ3v) is 2.85. The summed E-state index contributed by atoms with van der Waals surface area (Å²) in [6, 6.07) is 5.14. The lowest BCUT2D eigenvalue weighted by Gasteiger charge is -2.09. The van der Waals surface area contributed by atoms with Crippen molar-refractivity contribution in [3.8, 4) is 0 Å². The first-order valence-electron chi connectivity index (χ1n) is 5.13. The van der Waals surface area contributed by atoms with E-state index in [0.717, 1.165) is 24.0 Å². The van der Waals surface area contributed by atoms with Crippen LogP contribution in [-0.2, 0) is 12.8 Å². The van der Waals surface area contributed by atoms with Crippen molar-refractivity contribution >= 4 is 0 Å². The van der Waals surface area contributed by atoms with Gasteiger partial charge >= 0.3 is 0 Å². The first-order chi connectivity index (χ1) is 6.63. The van der Waals surface area contributed by atoms with Crippen molar-refractivity contribution in [3.05, 3.63) is 35.1 Å². The maximum absolute atomic E-state index is 13.2. The van der Waals surface area contributed by atoms with E-state index in [1.54, 1.807) is 6.07 Å². The van der Waals surface area contributed by atoms with Crippen LogP contribution in [0.3, 0.4) is 0 Å². The fraction of sp³-hybridized carbons (Fsp3) is 0.500. The molecule has 1 N–H and O–H groups in total. The molecule has 1 nitrogen and oxygen atoms in total. The smallest absolute Gasteiger partial charge is 0.126 e. The first-order valence-corrected chi connectivity index (χ1v) is 5.13. The van der Waals surface area contributed by atoms with Crippen LogP contribution in [0.25, 0.3) is 0 Å². The number of rotatable bonds is 3. The second-order valence-electron chi connectivity index (χ2n) is 4.18. The van der Waals surface area contributed by atoms with Gasteiger partial charge in [0, 0.05) is 6.42 Å². The number of hydrogen-bond donors (Lipinski definition) is 1. The summed E-state index contributed by atoms with van der Waals surface area (Å²) >= 11 is 0. The molecule has 1 saturated carbocycles. The van der Waals surface area contributed by atoms with Gasteiger partial charge in [0.1, 0.15) is 5.82 Å². The summed E-state index contributed by atoms with van der Waals surface area (Å²) in [6.45, 7) is 1.94. The van der Waals surface area contributed by atoms with Crippen molar-refractivity contribution in [1.29, 1.82) is 0 Å². The van der Waals surface area contributed by atoms with Crippen LogP contribution < -0.4 is 0 Å². The normalized spacial score (nSPS) is 18.2. The van der Waals surface area contributed by atoms with E-state index in [2.05, 4.69) is 0 Å². The number of halogens is 1. The Kier molecular flexibility index (Phi) is 2.31. The Morgan fingerprint density at radius 2 is 2.14 bits per heavy atom. The Hall–Kier alpha value is -0.890. The topological polar surface area (TPSA) is 20.2 Å². The molecule has 0 atom stereocenters. The minimum atomic E-state index is -0.483. The average molecular weight is 194 g/mol. The van der Waals surface area contributed by atoms with E-state index in [0.29, 0.717) is 12.8 Å². The predicted molar refractivity (Wildman–Crippen MR) is 53.7 cm³/mol. The summed E-state index contributed by atoms with van der Waals surface area (Å²) in [5.41, 5.74) is 1.30. The van der Waals surface area contributed by atoms with E-state index < -0.39 is 5.60 Å². The standard InChI is InChI=1S/C12H15FO/c1-2-10-7-9(3-4-11(10)13)8-12(14)5-6-12/h3-4,7,14H,2,5-6,8H2,1H3. The number of benzene rings is 1. The first kappa shape index (κ1) is 9.66. The molecule has 0 bridgehead atoms. The predicted octanol–water partition coefficient (Wildman–Crippen LogP) is 2.46. The van der Waals surface area contributed by atoms with Gasteiger partial charge in [-0.05, 0) is 36.5 Å². The van der Waals surface area contributed by atoms with Gasteiger partial charge in [-0.25, -0.2) is 4.39 Å². The van der Waals surface area contributed by atoms with Gasteiger partial charge in [-0.1, -0.05) is 19.1 Å². The molecule has 2 rings (SSSR count). The molecule has 0 radical (unpaired) electrons. The molecule has 0 unspecified atom stereocenters. The zero-order valence-corrected chi connectivity index (χ0v) is 8.39. The van der Waals surface area contributed by atoms with Crippen LogP contribution in [0, 0.1) is 5.82 Å². The third-order valence-electron chi connectivity index (χ3n) is 2.85. The van der Waals surface area contributed by atoms with E-state index in [9.17, 15) is 9.50 Å². The maximum atomic E-state index is 13.2. The van der Waals surface area contributed by atoms with Crippen LogP contribution in [0.5, 0.6) is 0 Å². The second kappa shape index (κ2) is 3.35. The molecule has 14 heavy (non-hydrogen) atoms. The van der Waals surface area contributed by atoms with Crippen LogP contribution in [0.15, 0.2) is 18.2 Å². The van der Waals surface area contributed by atoms with E-state index >= 15 is 0 Å². The highest BCUT2D eigenvalue weighted by atomic mass is 19.1. The molecule has 0 aromatic heterocycles. The zero-order chi connectivity index (χ0) is 10.2. The average Bonchev–Trinajstić information content (AvgIpc) is 2.87. The second-order valence-corrected chi connectivity index (χ2v) is 4.18. The highest BCUT2D eigenvalue weighted by Crippen LogP contribution is 2.38. The van der Waals surface area contributed by atoms with Gasteiger partial charge in [-0.2, -0.15) is 0 Å². The summed E-state index contributed by atoms with van der Waals surface area (Å²) in [4.78, 5) is 0. The fourth-order valence-corrected chi connectivity index (χ4v) is 1.71. The van der Waals surface area contributed by atoms with Crippen LogP contribution in [0.4, 0.5) is 4.39 Å². The minimum Gasteiger partial charge on any atom is -0.390 e. The van der Waals surface area contributed by atoms with Gasteiger partial charge in [0.05, 0.1) is 5.60 Å². The number of aliphatic hydroxyl groups is 1. The molecule has 0 amide bonds. The third kappa shape index (κ3) is 1.95.